The molecule has 1 saturated heterocycles. The second-order valence-electron chi connectivity index (χ2n) is 6.42. The molecular formula is C18H26F3N3O. The Bertz CT molecular complexity index is 563. The summed E-state index contributed by atoms with van der Waals surface area (Å²) in [6.45, 7) is 4.61. The Hall–Kier alpha value is -1.76. The Labute approximate surface area is 146 Å². The normalized spacial score (nSPS) is 18.8. The number of rotatable bonds is 6. The van der Waals surface area contributed by atoms with E-state index in [0.29, 0.717) is 6.54 Å². The average molecular weight is 357 g/mol. The van der Waals surface area contributed by atoms with Crippen LogP contribution in [0.4, 0.5) is 23.7 Å². The van der Waals surface area contributed by atoms with Gasteiger partial charge < -0.3 is 10.6 Å². The van der Waals surface area contributed by atoms with Gasteiger partial charge in [0, 0.05) is 12.6 Å². The maximum atomic E-state index is 13.0. The first-order chi connectivity index (χ1) is 11.9. The van der Waals surface area contributed by atoms with E-state index < -0.39 is 17.8 Å². The number of amides is 2. The number of nitrogens with zero attached hydrogens (tertiary/aromatic N) is 1. The lowest BCUT2D eigenvalue weighted by molar-refractivity contribution is -0.136. The zero-order valence-electron chi connectivity index (χ0n) is 14.5. The van der Waals surface area contributed by atoms with Crippen LogP contribution in [0.15, 0.2) is 24.3 Å². The number of carbonyl (C=O) groups is 1. The molecule has 140 valence electrons. The van der Waals surface area contributed by atoms with Crippen molar-refractivity contribution < 1.29 is 18.0 Å². The summed E-state index contributed by atoms with van der Waals surface area (Å²) < 4.78 is 38.9. The van der Waals surface area contributed by atoms with Gasteiger partial charge in [0.25, 0.3) is 0 Å². The smallest absolute Gasteiger partial charge is 0.336 e. The highest BCUT2D eigenvalue weighted by molar-refractivity contribution is 5.90. The highest BCUT2D eigenvalue weighted by Gasteiger charge is 2.33. The van der Waals surface area contributed by atoms with E-state index in [9.17, 15) is 18.0 Å². The molecule has 1 aromatic carbocycles. The van der Waals surface area contributed by atoms with Crippen molar-refractivity contribution in [1.29, 1.82) is 0 Å². The second kappa shape index (κ2) is 9.08. The van der Waals surface area contributed by atoms with Gasteiger partial charge in [-0.1, -0.05) is 31.9 Å². The Morgan fingerprint density at radius 1 is 1.28 bits per heavy atom. The summed E-state index contributed by atoms with van der Waals surface area (Å²) in [4.78, 5) is 14.4. The summed E-state index contributed by atoms with van der Waals surface area (Å²) in [6, 6.07) is 4.65. The van der Waals surface area contributed by atoms with E-state index in [1.165, 1.54) is 18.2 Å². The number of carbonyl (C=O) groups excluding carboxylic acids is 1. The molecule has 0 aromatic heterocycles. The third-order valence-electron chi connectivity index (χ3n) is 4.53. The van der Waals surface area contributed by atoms with E-state index in [1.807, 2.05) is 0 Å². The molecule has 1 aliphatic rings. The molecule has 1 heterocycles. The van der Waals surface area contributed by atoms with Crippen LogP contribution in [-0.2, 0) is 6.18 Å². The van der Waals surface area contributed by atoms with Gasteiger partial charge in [0.15, 0.2) is 0 Å². The second-order valence-corrected chi connectivity index (χ2v) is 6.42. The molecule has 25 heavy (non-hydrogen) atoms. The van der Waals surface area contributed by atoms with Crippen LogP contribution in [0, 0.1) is 0 Å². The van der Waals surface area contributed by atoms with Crippen molar-refractivity contribution >= 4 is 11.7 Å². The van der Waals surface area contributed by atoms with Crippen molar-refractivity contribution in [2.75, 3.05) is 25.0 Å². The molecule has 0 radical (unpaired) electrons. The summed E-state index contributed by atoms with van der Waals surface area (Å²) in [6.07, 6.45) is 1.01. The zero-order chi connectivity index (χ0) is 18.3. The number of alkyl halides is 3. The number of halogens is 3. The summed E-state index contributed by atoms with van der Waals surface area (Å²) in [5.41, 5.74) is -1.06. The molecule has 1 aliphatic heterocycles. The number of unbranched alkanes of at least 4 members (excludes halogenated alkanes) is 1. The summed E-state index contributed by atoms with van der Waals surface area (Å²) in [5, 5.41) is 5.05. The quantitative estimate of drug-likeness (QED) is 0.788. The number of benzene rings is 1. The lowest BCUT2D eigenvalue weighted by Crippen LogP contribution is -2.47. The fourth-order valence-electron chi connectivity index (χ4n) is 3.16. The first-order valence-corrected chi connectivity index (χ1v) is 8.87. The zero-order valence-corrected chi connectivity index (χ0v) is 14.5. The first-order valence-electron chi connectivity index (χ1n) is 8.87. The third kappa shape index (κ3) is 5.92. The van der Waals surface area contributed by atoms with Crippen LogP contribution in [0.5, 0.6) is 0 Å². The highest BCUT2D eigenvalue weighted by atomic mass is 19.4. The number of likely N-dealkylation sites (tertiary alicyclic amines) is 1. The van der Waals surface area contributed by atoms with Crippen LogP contribution >= 0.6 is 0 Å². The van der Waals surface area contributed by atoms with Crippen molar-refractivity contribution in [2.45, 2.75) is 51.2 Å². The van der Waals surface area contributed by atoms with Gasteiger partial charge in [0.1, 0.15) is 0 Å². The Balaban J connectivity index is 1.90. The number of para-hydroxylation sites is 1. The van der Waals surface area contributed by atoms with Gasteiger partial charge in [-0.15, -0.1) is 0 Å². The predicted octanol–water partition coefficient (Wildman–Crippen LogP) is 4.48. The highest BCUT2D eigenvalue weighted by Crippen LogP contribution is 2.34. The van der Waals surface area contributed by atoms with E-state index in [1.54, 1.807) is 0 Å². The average Bonchev–Trinajstić information content (AvgIpc) is 2.58. The van der Waals surface area contributed by atoms with E-state index >= 15 is 0 Å². The summed E-state index contributed by atoms with van der Waals surface area (Å²) >= 11 is 0. The third-order valence-corrected chi connectivity index (χ3v) is 4.53. The number of hydrogen-bond donors (Lipinski definition) is 2. The SMILES string of the molecule is CCCCN1CCCCC1CNC(=O)Nc1ccccc1C(F)(F)F. The Kier molecular flexibility index (Phi) is 7.11. The van der Waals surface area contributed by atoms with Crippen molar-refractivity contribution in [1.82, 2.24) is 10.2 Å². The maximum absolute atomic E-state index is 13.0. The Morgan fingerprint density at radius 2 is 2.04 bits per heavy atom. The molecule has 7 heteroatoms. The molecular weight excluding hydrogens is 331 g/mol. The fourth-order valence-corrected chi connectivity index (χ4v) is 3.16. The minimum atomic E-state index is -4.50. The predicted molar refractivity (Wildman–Crippen MR) is 92.6 cm³/mol. The van der Waals surface area contributed by atoms with Crippen LogP contribution in [-0.4, -0.2) is 36.6 Å². The van der Waals surface area contributed by atoms with E-state index in [-0.39, 0.29) is 11.7 Å². The standard InChI is InChI=1S/C18H26F3N3O/c1-2-3-11-24-12-7-6-8-14(24)13-22-17(25)23-16-10-5-4-9-15(16)18(19,20)21/h4-5,9-10,14H,2-3,6-8,11-13H2,1H3,(H2,22,23,25). The molecule has 4 nitrogen and oxygen atoms in total. The van der Waals surface area contributed by atoms with Crippen molar-refractivity contribution in [3.05, 3.63) is 29.8 Å². The molecule has 0 aliphatic carbocycles. The summed E-state index contributed by atoms with van der Waals surface area (Å²) in [5.74, 6) is 0. The van der Waals surface area contributed by atoms with E-state index in [2.05, 4.69) is 22.5 Å². The van der Waals surface area contributed by atoms with Gasteiger partial charge in [0.05, 0.1) is 11.3 Å². The molecule has 2 N–H and O–H groups in total. The van der Waals surface area contributed by atoms with Crippen molar-refractivity contribution in [3.63, 3.8) is 0 Å². The molecule has 0 spiro atoms. The van der Waals surface area contributed by atoms with Crippen LogP contribution in [0.1, 0.15) is 44.6 Å². The minimum Gasteiger partial charge on any atom is -0.336 e. The molecule has 1 atom stereocenters. The van der Waals surface area contributed by atoms with Gasteiger partial charge >= 0.3 is 12.2 Å². The molecule has 2 amide bonds. The van der Waals surface area contributed by atoms with Crippen LogP contribution in [0.3, 0.4) is 0 Å². The summed E-state index contributed by atoms with van der Waals surface area (Å²) in [7, 11) is 0. The largest absolute Gasteiger partial charge is 0.418 e. The van der Waals surface area contributed by atoms with Gasteiger partial charge in [-0.2, -0.15) is 13.2 Å². The van der Waals surface area contributed by atoms with Crippen LogP contribution in [0.25, 0.3) is 0 Å². The molecule has 0 bridgehead atoms. The number of piperidine rings is 1. The lowest BCUT2D eigenvalue weighted by atomic mass is 10.0. The fraction of sp³-hybridized carbons (Fsp3) is 0.611. The van der Waals surface area contributed by atoms with Crippen molar-refractivity contribution in [2.24, 2.45) is 0 Å². The van der Waals surface area contributed by atoms with Crippen LogP contribution < -0.4 is 10.6 Å². The number of nitrogens with one attached hydrogen (secondary N) is 2. The molecule has 1 fully saturated rings. The van der Waals surface area contributed by atoms with Gasteiger partial charge in [-0.3, -0.25) is 4.90 Å². The maximum Gasteiger partial charge on any atom is 0.418 e. The number of anilines is 1. The van der Waals surface area contributed by atoms with Gasteiger partial charge in [-0.25, -0.2) is 4.79 Å². The molecule has 0 saturated carbocycles. The lowest BCUT2D eigenvalue weighted by Gasteiger charge is -2.35. The number of urea groups is 1. The monoisotopic (exact) mass is 357 g/mol. The molecule has 2 rings (SSSR count). The van der Waals surface area contributed by atoms with E-state index in [0.717, 1.165) is 51.3 Å². The van der Waals surface area contributed by atoms with Gasteiger partial charge in [-0.05, 0) is 44.5 Å². The topological polar surface area (TPSA) is 44.4 Å². The molecule has 1 unspecified atom stereocenters. The van der Waals surface area contributed by atoms with Crippen molar-refractivity contribution in [3.8, 4) is 0 Å². The van der Waals surface area contributed by atoms with Crippen LogP contribution in [0.2, 0.25) is 0 Å². The minimum absolute atomic E-state index is 0.223. The first kappa shape index (κ1) is 19.6. The molecule has 1 aromatic rings. The number of hydrogen-bond acceptors (Lipinski definition) is 2. The Morgan fingerprint density at radius 3 is 2.76 bits per heavy atom. The van der Waals surface area contributed by atoms with Gasteiger partial charge in [0.2, 0.25) is 0 Å². The van der Waals surface area contributed by atoms with E-state index in [4.69, 9.17) is 0 Å².